The first-order chi connectivity index (χ1) is 10.2. The number of rotatable bonds is 11. The van der Waals surface area contributed by atoms with Crippen LogP contribution >= 0.6 is 0 Å². The quantitative estimate of drug-likeness (QED) is 0.664. The number of ether oxygens (including phenoxy) is 2. The predicted octanol–water partition coefficient (Wildman–Crippen LogP) is 1.32. The Kier molecular flexibility index (Phi) is 8.89. The van der Waals surface area contributed by atoms with E-state index in [-0.39, 0.29) is 0 Å². The van der Waals surface area contributed by atoms with Gasteiger partial charge in [0.25, 0.3) is 0 Å². The number of methoxy groups -OCH3 is 2. The average molecular weight is 296 g/mol. The number of nitrogens with zero attached hydrogens (tertiary/aromatic N) is 3. The Hall–Kier alpha value is -1.24. The van der Waals surface area contributed by atoms with Gasteiger partial charge in [0.15, 0.2) is 0 Å². The van der Waals surface area contributed by atoms with Crippen molar-refractivity contribution in [3.05, 3.63) is 18.1 Å². The van der Waals surface area contributed by atoms with Crippen LogP contribution in [0.5, 0.6) is 0 Å². The fourth-order valence-electron chi connectivity index (χ4n) is 1.84. The summed E-state index contributed by atoms with van der Waals surface area (Å²) in [4.78, 5) is 11.1. The summed E-state index contributed by atoms with van der Waals surface area (Å²) in [5.41, 5.74) is 0.956. The number of nitrogens with one attached hydrogen (secondary N) is 1. The van der Waals surface area contributed by atoms with Crippen molar-refractivity contribution in [2.24, 2.45) is 5.92 Å². The molecule has 0 fully saturated rings. The van der Waals surface area contributed by atoms with E-state index in [0.717, 1.165) is 37.7 Å². The van der Waals surface area contributed by atoms with E-state index >= 15 is 0 Å². The first-order valence-electron chi connectivity index (χ1n) is 7.41. The van der Waals surface area contributed by atoms with Crippen LogP contribution in [-0.4, -0.2) is 57.0 Å². The standard InChI is InChI=1S/C15H28N4O2/c1-13(2)9-16-10-14-11-18-15(12-17-14)19(5-7-20-3)6-8-21-4/h11-13,16H,5-10H2,1-4H3. The highest BCUT2D eigenvalue weighted by Crippen LogP contribution is 2.08. The van der Waals surface area contributed by atoms with E-state index in [4.69, 9.17) is 9.47 Å². The van der Waals surface area contributed by atoms with Crippen LogP contribution in [0.2, 0.25) is 0 Å². The van der Waals surface area contributed by atoms with Gasteiger partial charge < -0.3 is 19.7 Å². The van der Waals surface area contributed by atoms with Crippen LogP contribution in [0.15, 0.2) is 12.4 Å². The molecular weight excluding hydrogens is 268 g/mol. The van der Waals surface area contributed by atoms with Gasteiger partial charge in [-0.25, -0.2) is 4.98 Å². The maximum absolute atomic E-state index is 5.13. The summed E-state index contributed by atoms with van der Waals surface area (Å²) in [6.07, 6.45) is 3.65. The highest BCUT2D eigenvalue weighted by molar-refractivity contribution is 5.35. The minimum Gasteiger partial charge on any atom is -0.383 e. The lowest BCUT2D eigenvalue weighted by Crippen LogP contribution is -2.31. The van der Waals surface area contributed by atoms with Crippen molar-refractivity contribution in [3.63, 3.8) is 0 Å². The summed E-state index contributed by atoms with van der Waals surface area (Å²) in [5, 5.41) is 3.36. The molecule has 1 aromatic heterocycles. The lowest BCUT2D eigenvalue weighted by molar-refractivity contribution is 0.190. The zero-order valence-electron chi connectivity index (χ0n) is 13.6. The third-order valence-corrected chi connectivity index (χ3v) is 3.01. The Morgan fingerprint density at radius 3 is 2.24 bits per heavy atom. The zero-order chi connectivity index (χ0) is 15.5. The van der Waals surface area contributed by atoms with Gasteiger partial charge in [-0.05, 0) is 12.5 Å². The second-order valence-corrected chi connectivity index (χ2v) is 5.36. The summed E-state index contributed by atoms with van der Waals surface area (Å²) >= 11 is 0. The molecule has 1 rings (SSSR count). The monoisotopic (exact) mass is 296 g/mol. The summed E-state index contributed by atoms with van der Waals surface area (Å²) in [7, 11) is 3.40. The van der Waals surface area contributed by atoms with Crippen LogP contribution in [-0.2, 0) is 16.0 Å². The Morgan fingerprint density at radius 1 is 1.10 bits per heavy atom. The van der Waals surface area contributed by atoms with Crippen molar-refractivity contribution >= 4 is 5.82 Å². The SMILES string of the molecule is COCCN(CCOC)c1cnc(CNCC(C)C)cn1. The molecule has 0 atom stereocenters. The summed E-state index contributed by atoms with van der Waals surface area (Å²) in [6.45, 7) is 8.97. The van der Waals surface area contributed by atoms with Gasteiger partial charge in [-0.3, -0.25) is 4.98 Å². The van der Waals surface area contributed by atoms with E-state index in [1.54, 1.807) is 14.2 Å². The normalized spacial score (nSPS) is 11.1. The molecule has 0 aliphatic rings. The molecule has 1 N–H and O–H groups in total. The molecule has 0 saturated heterocycles. The minimum atomic E-state index is 0.635. The lowest BCUT2D eigenvalue weighted by atomic mass is 10.2. The largest absolute Gasteiger partial charge is 0.383 e. The first-order valence-corrected chi connectivity index (χ1v) is 7.41. The molecule has 21 heavy (non-hydrogen) atoms. The van der Waals surface area contributed by atoms with Gasteiger partial charge in [-0.2, -0.15) is 0 Å². The maximum atomic E-state index is 5.13. The van der Waals surface area contributed by atoms with E-state index in [2.05, 4.69) is 34.0 Å². The first kappa shape index (κ1) is 17.8. The molecule has 0 aromatic carbocycles. The Labute approximate surface area is 127 Å². The fourth-order valence-corrected chi connectivity index (χ4v) is 1.84. The number of anilines is 1. The van der Waals surface area contributed by atoms with Crippen LogP contribution in [0.4, 0.5) is 5.82 Å². The van der Waals surface area contributed by atoms with Crippen LogP contribution in [0.1, 0.15) is 19.5 Å². The maximum Gasteiger partial charge on any atom is 0.147 e. The molecule has 0 amide bonds. The van der Waals surface area contributed by atoms with Crippen molar-refractivity contribution in [2.45, 2.75) is 20.4 Å². The zero-order valence-corrected chi connectivity index (χ0v) is 13.6. The molecule has 6 heteroatoms. The molecule has 0 aliphatic heterocycles. The van der Waals surface area contributed by atoms with Crippen molar-refractivity contribution < 1.29 is 9.47 Å². The Morgan fingerprint density at radius 2 is 1.76 bits per heavy atom. The molecule has 0 bridgehead atoms. The van der Waals surface area contributed by atoms with E-state index in [9.17, 15) is 0 Å². The molecule has 1 aromatic rings. The molecule has 0 radical (unpaired) electrons. The number of aromatic nitrogens is 2. The van der Waals surface area contributed by atoms with Gasteiger partial charge in [-0.15, -0.1) is 0 Å². The second-order valence-electron chi connectivity index (χ2n) is 5.36. The number of hydrogen-bond donors (Lipinski definition) is 1. The van der Waals surface area contributed by atoms with Gasteiger partial charge in [0.1, 0.15) is 5.82 Å². The highest BCUT2D eigenvalue weighted by Gasteiger charge is 2.08. The van der Waals surface area contributed by atoms with Crippen LogP contribution in [0.25, 0.3) is 0 Å². The van der Waals surface area contributed by atoms with Crippen LogP contribution in [0.3, 0.4) is 0 Å². The summed E-state index contributed by atoms with van der Waals surface area (Å²) < 4.78 is 10.3. The topological polar surface area (TPSA) is 59.5 Å². The van der Waals surface area contributed by atoms with Crippen molar-refractivity contribution in [3.8, 4) is 0 Å². The Bertz CT molecular complexity index is 362. The van der Waals surface area contributed by atoms with Crippen LogP contribution < -0.4 is 10.2 Å². The molecule has 0 unspecified atom stereocenters. The summed E-state index contributed by atoms with van der Waals surface area (Å²) in [5.74, 6) is 1.49. The molecular formula is C15H28N4O2. The molecule has 0 spiro atoms. The van der Waals surface area contributed by atoms with Crippen molar-refractivity contribution in [1.29, 1.82) is 0 Å². The third-order valence-electron chi connectivity index (χ3n) is 3.01. The average Bonchev–Trinajstić information content (AvgIpc) is 2.48. The van der Waals surface area contributed by atoms with Gasteiger partial charge in [0.05, 0.1) is 31.3 Å². The second kappa shape index (κ2) is 10.5. The third kappa shape index (κ3) is 7.36. The van der Waals surface area contributed by atoms with E-state index in [1.165, 1.54) is 0 Å². The van der Waals surface area contributed by atoms with E-state index < -0.39 is 0 Å². The van der Waals surface area contributed by atoms with Gasteiger partial charge >= 0.3 is 0 Å². The summed E-state index contributed by atoms with van der Waals surface area (Å²) in [6, 6.07) is 0. The molecule has 0 aliphatic carbocycles. The highest BCUT2D eigenvalue weighted by atomic mass is 16.5. The molecule has 120 valence electrons. The lowest BCUT2D eigenvalue weighted by Gasteiger charge is -2.22. The fraction of sp³-hybridized carbons (Fsp3) is 0.733. The minimum absolute atomic E-state index is 0.635. The van der Waals surface area contributed by atoms with E-state index in [1.807, 2.05) is 12.4 Å². The molecule has 6 nitrogen and oxygen atoms in total. The predicted molar refractivity (Wildman–Crippen MR) is 84.5 cm³/mol. The van der Waals surface area contributed by atoms with Crippen molar-refractivity contribution in [2.75, 3.05) is 52.0 Å². The van der Waals surface area contributed by atoms with Gasteiger partial charge in [0.2, 0.25) is 0 Å². The van der Waals surface area contributed by atoms with Crippen molar-refractivity contribution in [1.82, 2.24) is 15.3 Å². The van der Waals surface area contributed by atoms with Crippen LogP contribution in [0, 0.1) is 5.92 Å². The Balaban J connectivity index is 2.55. The van der Waals surface area contributed by atoms with Gasteiger partial charge in [0, 0.05) is 33.9 Å². The smallest absolute Gasteiger partial charge is 0.147 e. The molecule has 1 heterocycles. The number of hydrogen-bond acceptors (Lipinski definition) is 6. The van der Waals surface area contributed by atoms with E-state index in [0.29, 0.717) is 19.1 Å². The molecule has 0 saturated carbocycles. The van der Waals surface area contributed by atoms with Gasteiger partial charge in [-0.1, -0.05) is 13.8 Å².